The third kappa shape index (κ3) is 5.83. The summed E-state index contributed by atoms with van der Waals surface area (Å²) >= 11 is 5.84. The number of ether oxygens (including phenoxy) is 2. The van der Waals surface area contributed by atoms with E-state index in [9.17, 15) is 19.1 Å². The molecule has 3 aromatic rings. The molecule has 1 amide bonds. The van der Waals surface area contributed by atoms with Crippen molar-refractivity contribution in [1.82, 2.24) is 5.43 Å². The fourth-order valence-corrected chi connectivity index (χ4v) is 2.79. The number of amides is 1. The van der Waals surface area contributed by atoms with E-state index in [4.69, 9.17) is 21.1 Å². The van der Waals surface area contributed by atoms with E-state index in [0.717, 1.165) is 12.1 Å². The monoisotopic (exact) mass is 456 g/mol. The molecule has 9 heteroatoms. The van der Waals surface area contributed by atoms with Crippen LogP contribution >= 0.6 is 11.6 Å². The second-order valence-corrected chi connectivity index (χ2v) is 6.83. The number of halogens is 2. The number of nitrogens with zero attached hydrogens (tertiary/aromatic N) is 1. The van der Waals surface area contributed by atoms with E-state index in [1.807, 2.05) is 0 Å². The molecule has 0 spiro atoms. The van der Waals surface area contributed by atoms with E-state index in [0.29, 0.717) is 17.2 Å². The highest BCUT2D eigenvalue weighted by Gasteiger charge is 2.14. The van der Waals surface area contributed by atoms with Gasteiger partial charge in [-0.15, -0.1) is 0 Å². The highest BCUT2D eigenvalue weighted by Crippen LogP contribution is 2.29. The quantitative estimate of drug-likeness (QED) is 0.235. The maximum atomic E-state index is 13.0. The predicted molar refractivity (Wildman–Crippen MR) is 117 cm³/mol. The maximum absolute atomic E-state index is 13.0. The summed E-state index contributed by atoms with van der Waals surface area (Å²) in [5.74, 6) is -1.54. The topological polar surface area (TPSA) is 97.2 Å². The molecule has 0 aromatic heterocycles. The summed E-state index contributed by atoms with van der Waals surface area (Å²) in [6.07, 6.45) is 1.35. The standard InChI is InChI=1S/C23H18ClFN2O5/c1-2-31-21-11-14(13-26-27-22(29)18-12-16(24)6-9-19(18)28)3-10-20(21)32-23(30)15-4-7-17(25)8-5-15/h3-13,28H,2H2,1H3,(H,27,29)/b26-13+. The minimum Gasteiger partial charge on any atom is -0.507 e. The summed E-state index contributed by atoms with van der Waals surface area (Å²) in [6, 6.07) is 13.7. The lowest BCUT2D eigenvalue weighted by atomic mass is 10.2. The van der Waals surface area contributed by atoms with Gasteiger partial charge in [0.1, 0.15) is 11.6 Å². The van der Waals surface area contributed by atoms with Crippen molar-refractivity contribution in [2.75, 3.05) is 6.61 Å². The van der Waals surface area contributed by atoms with Crippen LogP contribution in [0.5, 0.6) is 17.2 Å². The number of benzene rings is 3. The molecule has 32 heavy (non-hydrogen) atoms. The van der Waals surface area contributed by atoms with Gasteiger partial charge in [-0.25, -0.2) is 14.6 Å². The van der Waals surface area contributed by atoms with Crippen molar-refractivity contribution in [3.8, 4) is 17.2 Å². The number of phenolic OH excluding ortho intramolecular Hbond substituents is 1. The zero-order valence-electron chi connectivity index (χ0n) is 16.8. The Morgan fingerprint density at radius 1 is 1.09 bits per heavy atom. The molecule has 2 N–H and O–H groups in total. The van der Waals surface area contributed by atoms with Crippen LogP contribution in [0.1, 0.15) is 33.2 Å². The van der Waals surface area contributed by atoms with Crippen molar-refractivity contribution in [2.45, 2.75) is 6.92 Å². The van der Waals surface area contributed by atoms with Gasteiger partial charge in [0.15, 0.2) is 11.5 Å². The number of hydrogen-bond donors (Lipinski definition) is 2. The summed E-state index contributed by atoms with van der Waals surface area (Å²) < 4.78 is 23.9. The first kappa shape index (κ1) is 22.8. The number of esters is 1. The number of carbonyl (C=O) groups excluding carboxylic acids is 2. The largest absolute Gasteiger partial charge is 0.507 e. The van der Waals surface area contributed by atoms with Crippen LogP contribution in [0, 0.1) is 5.82 Å². The Bertz CT molecular complexity index is 1170. The van der Waals surface area contributed by atoms with Crippen LogP contribution in [0.15, 0.2) is 65.8 Å². The van der Waals surface area contributed by atoms with Crippen LogP contribution in [0.25, 0.3) is 0 Å². The number of aromatic hydroxyl groups is 1. The Labute approximate surface area is 188 Å². The van der Waals surface area contributed by atoms with Gasteiger partial charge in [0.25, 0.3) is 5.91 Å². The van der Waals surface area contributed by atoms with Gasteiger partial charge in [-0.3, -0.25) is 4.79 Å². The summed E-state index contributed by atoms with van der Waals surface area (Å²) in [5, 5.41) is 13.9. The third-order valence-corrected chi connectivity index (χ3v) is 4.37. The smallest absolute Gasteiger partial charge is 0.343 e. The number of hydrazone groups is 1. The van der Waals surface area contributed by atoms with Gasteiger partial charge in [0.05, 0.1) is 23.9 Å². The minimum absolute atomic E-state index is 0.0206. The van der Waals surface area contributed by atoms with Crippen LogP contribution in [0.2, 0.25) is 5.02 Å². The van der Waals surface area contributed by atoms with Crippen LogP contribution in [0.4, 0.5) is 4.39 Å². The zero-order chi connectivity index (χ0) is 23.1. The molecule has 0 bridgehead atoms. The zero-order valence-corrected chi connectivity index (χ0v) is 17.6. The van der Waals surface area contributed by atoms with Crippen LogP contribution in [-0.2, 0) is 0 Å². The molecule has 0 saturated carbocycles. The van der Waals surface area contributed by atoms with E-state index < -0.39 is 17.7 Å². The highest BCUT2D eigenvalue weighted by molar-refractivity contribution is 6.31. The van der Waals surface area contributed by atoms with E-state index in [-0.39, 0.29) is 28.4 Å². The van der Waals surface area contributed by atoms with Gasteiger partial charge in [-0.1, -0.05) is 11.6 Å². The highest BCUT2D eigenvalue weighted by atomic mass is 35.5. The average Bonchev–Trinajstić information content (AvgIpc) is 2.77. The Kier molecular flexibility index (Phi) is 7.41. The first-order valence-electron chi connectivity index (χ1n) is 9.44. The number of nitrogens with one attached hydrogen (secondary N) is 1. The third-order valence-electron chi connectivity index (χ3n) is 4.13. The van der Waals surface area contributed by atoms with E-state index in [2.05, 4.69) is 10.5 Å². The Hall–Kier alpha value is -3.91. The maximum Gasteiger partial charge on any atom is 0.343 e. The number of rotatable bonds is 7. The Balaban J connectivity index is 1.72. The molecular weight excluding hydrogens is 439 g/mol. The summed E-state index contributed by atoms with van der Waals surface area (Å²) in [6.45, 7) is 2.08. The van der Waals surface area contributed by atoms with Crippen molar-refractivity contribution in [2.24, 2.45) is 5.10 Å². The Morgan fingerprint density at radius 2 is 1.84 bits per heavy atom. The lowest BCUT2D eigenvalue weighted by Gasteiger charge is -2.11. The van der Waals surface area contributed by atoms with Crippen molar-refractivity contribution >= 4 is 29.7 Å². The van der Waals surface area contributed by atoms with Gasteiger partial charge in [0, 0.05) is 5.02 Å². The summed E-state index contributed by atoms with van der Waals surface area (Å²) in [4.78, 5) is 24.5. The van der Waals surface area contributed by atoms with Crippen molar-refractivity contribution in [3.05, 3.63) is 88.2 Å². The molecule has 0 fully saturated rings. The number of carbonyl (C=O) groups is 2. The molecule has 0 aliphatic rings. The lowest BCUT2D eigenvalue weighted by molar-refractivity contribution is 0.0728. The number of phenols is 1. The first-order chi connectivity index (χ1) is 15.4. The van der Waals surface area contributed by atoms with Gasteiger partial charge < -0.3 is 14.6 Å². The molecule has 0 aliphatic heterocycles. The fourth-order valence-electron chi connectivity index (χ4n) is 2.62. The van der Waals surface area contributed by atoms with Gasteiger partial charge in [-0.2, -0.15) is 5.10 Å². The molecule has 0 saturated heterocycles. The van der Waals surface area contributed by atoms with E-state index >= 15 is 0 Å². The average molecular weight is 457 g/mol. The molecular formula is C23H18ClFN2O5. The molecule has 0 unspecified atom stereocenters. The molecule has 3 rings (SSSR count). The van der Waals surface area contributed by atoms with Crippen LogP contribution in [-0.4, -0.2) is 29.8 Å². The predicted octanol–water partition coefficient (Wildman–Crippen LogP) is 4.57. The van der Waals surface area contributed by atoms with Crippen molar-refractivity contribution in [3.63, 3.8) is 0 Å². The minimum atomic E-state index is -0.666. The lowest BCUT2D eigenvalue weighted by Crippen LogP contribution is -2.17. The van der Waals surface area contributed by atoms with Crippen molar-refractivity contribution in [1.29, 1.82) is 0 Å². The normalized spacial score (nSPS) is 10.7. The second kappa shape index (κ2) is 10.4. The van der Waals surface area contributed by atoms with Crippen LogP contribution in [0.3, 0.4) is 0 Å². The van der Waals surface area contributed by atoms with Gasteiger partial charge in [0.2, 0.25) is 0 Å². The molecule has 0 atom stereocenters. The Morgan fingerprint density at radius 3 is 2.56 bits per heavy atom. The SMILES string of the molecule is CCOc1cc(/C=N/NC(=O)c2cc(Cl)ccc2O)ccc1OC(=O)c1ccc(F)cc1. The molecule has 0 radical (unpaired) electrons. The van der Waals surface area contributed by atoms with Gasteiger partial charge in [-0.05, 0) is 73.2 Å². The number of hydrogen-bond acceptors (Lipinski definition) is 6. The molecule has 0 heterocycles. The van der Waals surface area contributed by atoms with Crippen LogP contribution < -0.4 is 14.9 Å². The summed E-state index contributed by atoms with van der Waals surface area (Å²) in [5.41, 5.74) is 3.01. The molecule has 164 valence electrons. The van der Waals surface area contributed by atoms with E-state index in [1.54, 1.807) is 19.1 Å². The molecule has 7 nitrogen and oxygen atoms in total. The van der Waals surface area contributed by atoms with E-state index in [1.165, 1.54) is 42.6 Å². The first-order valence-corrected chi connectivity index (χ1v) is 9.81. The fraction of sp³-hybridized carbons (Fsp3) is 0.0870. The summed E-state index contributed by atoms with van der Waals surface area (Å²) in [7, 11) is 0. The molecule has 0 aliphatic carbocycles. The second-order valence-electron chi connectivity index (χ2n) is 6.40. The molecule has 3 aromatic carbocycles. The van der Waals surface area contributed by atoms with Gasteiger partial charge >= 0.3 is 5.97 Å². The van der Waals surface area contributed by atoms with Crippen molar-refractivity contribution < 1.29 is 28.6 Å².